The van der Waals surface area contributed by atoms with Gasteiger partial charge in [0.1, 0.15) is 0 Å². The number of aliphatic hydroxyl groups excluding tert-OH is 1. The molecule has 0 fully saturated rings. The second kappa shape index (κ2) is 2.21. The monoisotopic (exact) mass is 172 g/mol. The van der Waals surface area contributed by atoms with E-state index in [1.807, 2.05) is 0 Å². The Morgan fingerprint density at radius 3 is 3.00 bits per heavy atom. The van der Waals surface area contributed by atoms with Crippen LogP contribution in [0.3, 0.4) is 0 Å². The van der Waals surface area contributed by atoms with Crippen molar-refractivity contribution in [2.45, 2.75) is 6.29 Å². The van der Waals surface area contributed by atoms with Crippen LogP contribution in [0.15, 0.2) is 10.8 Å². The van der Waals surface area contributed by atoms with E-state index in [1.54, 1.807) is 10.8 Å². The van der Waals surface area contributed by atoms with Gasteiger partial charge in [-0.2, -0.15) is 0 Å². The number of aliphatic hydroxyl groups is 1. The lowest BCUT2D eigenvalue weighted by molar-refractivity contribution is -0.163. The number of rotatable bonds is 0. The summed E-state index contributed by atoms with van der Waals surface area (Å²) in [4.78, 5) is 10.7. The minimum absolute atomic E-state index is 0.380. The number of esters is 1. The molecule has 11 heavy (non-hydrogen) atoms. The first-order valence-electron chi connectivity index (χ1n) is 2.90. The summed E-state index contributed by atoms with van der Waals surface area (Å²) < 4.78 is 9.46. The Morgan fingerprint density at radius 2 is 2.18 bits per heavy atom. The number of carbonyl (C=O) groups excluding carboxylic acids is 1. The van der Waals surface area contributed by atoms with Gasteiger partial charge in [-0.15, -0.1) is 11.3 Å². The van der Waals surface area contributed by atoms with E-state index in [0.29, 0.717) is 11.5 Å². The molecule has 1 aliphatic heterocycles. The molecule has 0 saturated carbocycles. The van der Waals surface area contributed by atoms with Crippen LogP contribution in [0.4, 0.5) is 0 Å². The maximum Gasteiger partial charge on any atom is 0.381 e. The first-order chi connectivity index (χ1) is 5.27. The fourth-order valence-corrected chi connectivity index (χ4v) is 1.41. The molecule has 2 rings (SSSR count). The van der Waals surface area contributed by atoms with Crippen LogP contribution in [0.25, 0.3) is 0 Å². The molecule has 1 aliphatic rings. The van der Waals surface area contributed by atoms with Crippen molar-refractivity contribution in [3.05, 3.63) is 10.8 Å². The second-order valence-corrected chi connectivity index (χ2v) is 2.74. The highest BCUT2D eigenvalue weighted by atomic mass is 32.1. The zero-order valence-corrected chi connectivity index (χ0v) is 6.13. The van der Waals surface area contributed by atoms with Gasteiger partial charge in [-0.05, 0) is 0 Å². The quantitative estimate of drug-likeness (QED) is 0.574. The van der Waals surface area contributed by atoms with E-state index in [-0.39, 0.29) is 0 Å². The zero-order chi connectivity index (χ0) is 7.84. The second-order valence-electron chi connectivity index (χ2n) is 1.99. The van der Waals surface area contributed by atoms with Gasteiger partial charge in [0.25, 0.3) is 6.29 Å². The lowest BCUT2D eigenvalue weighted by atomic mass is 10.5. The van der Waals surface area contributed by atoms with Gasteiger partial charge in [-0.3, -0.25) is 0 Å². The highest BCUT2D eigenvalue weighted by Gasteiger charge is 2.28. The van der Waals surface area contributed by atoms with Crippen LogP contribution in [0.5, 0.6) is 11.5 Å². The molecule has 1 atom stereocenters. The molecular weight excluding hydrogens is 168 g/mol. The van der Waals surface area contributed by atoms with Crippen LogP contribution in [0.1, 0.15) is 0 Å². The van der Waals surface area contributed by atoms with Gasteiger partial charge < -0.3 is 14.6 Å². The van der Waals surface area contributed by atoms with E-state index in [9.17, 15) is 4.79 Å². The molecular formula is C6H4O4S. The van der Waals surface area contributed by atoms with Crippen molar-refractivity contribution in [1.29, 1.82) is 0 Å². The first-order valence-corrected chi connectivity index (χ1v) is 3.84. The van der Waals surface area contributed by atoms with Crippen LogP contribution in [0, 0.1) is 0 Å². The summed E-state index contributed by atoms with van der Waals surface area (Å²) in [7, 11) is 0. The summed E-state index contributed by atoms with van der Waals surface area (Å²) in [5.41, 5.74) is 0. The van der Waals surface area contributed by atoms with Crippen LogP contribution >= 0.6 is 11.3 Å². The smallest absolute Gasteiger partial charge is 0.381 e. The number of thiophene rings is 1. The van der Waals surface area contributed by atoms with Crippen LogP contribution < -0.4 is 9.47 Å². The average Bonchev–Trinajstić information content (AvgIpc) is 2.36. The largest absolute Gasteiger partial charge is 0.449 e. The molecule has 0 aliphatic carbocycles. The fraction of sp³-hybridized carbons (Fsp3) is 0.167. The Balaban J connectivity index is 2.37. The SMILES string of the molecule is O=C1Oc2cscc2OC1O. The molecule has 1 aromatic heterocycles. The van der Waals surface area contributed by atoms with Crippen molar-refractivity contribution < 1.29 is 19.4 Å². The third-order valence-corrected chi connectivity index (χ3v) is 1.94. The molecule has 0 spiro atoms. The van der Waals surface area contributed by atoms with E-state index in [4.69, 9.17) is 9.84 Å². The van der Waals surface area contributed by atoms with Gasteiger partial charge in [-0.25, -0.2) is 4.79 Å². The third kappa shape index (κ3) is 0.979. The molecule has 1 unspecified atom stereocenters. The minimum atomic E-state index is -1.47. The van der Waals surface area contributed by atoms with Crippen molar-refractivity contribution in [2.75, 3.05) is 0 Å². The van der Waals surface area contributed by atoms with Crippen LogP contribution in [-0.4, -0.2) is 17.4 Å². The summed E-state index contributed by atoms with van der Waals surface area (Å²) in [6.07, 6.45) is -1.47. The summed E-state index contributed by atoms with van der Waals surface area (Å²) >= 11 is 1.35. The number of carbonyl (C=O) groups is 1. The Hall–Kier alpha value is -1.07. The number of hydrogen-bond acceptors (Lipinski definition) is 5. The van der Waals surface area contributed by atoms with E-state index >= 15 is 0 Å². The highest BCUT2D eigenvalue weighted by Crippen LogP contribution is 2.35. The summed E-state index contributed by atoms with van der Waals surface area (Å²) in [6.45, 7) is 0. The molecule has 4 nitrogen and oxygen atoms in total. The number of ether oxygens (including phenoxy) is 2. The standard InChI is InChI=1S/C6H4O4S/c7-5-6(8)10-4-2-11-1-3(4)9-5/h1-2,5,7H. The highest BCUT2D eigenvalue weighted by molar-refractivity contribution is 7.08. The van der Waals surface area contributed by atoms with Crippen molar-refractivity contribution in [1.82, 2.24) is 0 Å². The Labute approximate surface area is 66.0 Å². The lowest BCUT2D eigenvalue weighted by Crippen LogP contribution is -2.34. The van der Waals surface area contributed by atoms with Crippen LogP contribution in [-0.2, 0) is 4.79 Å². The lowest BCUT2D eigenvalue weighted by Gasteiger charge is -2.17. The zero-order valence-electron chi connectivity index (χ0n) is 5.31. The molecule has 58 valence electrons. The maximum atomic E-state index is 10.7. The predicted molar refractivity (Wildman–Crippen MR) is 36.6 cm³/mol. The molecule has 0 radical (unpaired) electrons. The molecule has 2 heterocycles. The van der Waals surface area contributed by atoms with Crippen molar-refractivity contribution in [3.8, 4) is 11.5 Å². The number of fused-ring (bicyclic) bond motifs is 1. The normalized spacial score (nSPS) is 21.9. The fourth-order valence-electron chi connectivity index (χ4n) is 0.761. The Kier molecular flexibility index (Phi) is 1.33. The van der Waals surface area contributed by atoms with Gasteiger partial charge in [0.2, 0.25) is 0 Å². The summed E-state index contributed by atoms with van der Waals surface area (Å²) in [5.74, 6) is 0.0308. The molecule has 1 aromatic rings. The predicted octanol–water partition coefficient (Wildman–Crippen LogP) is 0.364. The molecule has 1 N–H and O–H groups in total. The molecule has 0 saturated heterocycles. The minimum Gasteiger partial charge on any atom is -0.449 e. The topological polar surface area (TPSA) is 55.8 Å². The summed E-state index contributed by atoms with van der Waals surface area (Å²) in [6, 6.07) is 0. The molecule has 5 heteroatoms. The Bertz CT molecular complexity index is 293. The first kappa shape index (κ1) is 6.63. The Morgan fingerprint density at radius 1 is 1.45 bits per heavy atom. The maximum absolute atomic E-state index is 10.7. The van der Waals surface area contributed by atoms with Gasteiger partial charge in [-0.1, -0.05) is 0 Å². The van der Waals surface area contributed by atoms with Crippen molar-refractivity contribution in [3.63, 3.8) is 0 Å². The van der Waals surface area contributed by atoms with E-state index < -0.39 is 12.3 Å². The summed E-state index contributed by atoms with van der Waals surface area (Å²) in [5, 5.41) is 12.1. The van der Waals surface area contributed by atoms with E-state index in [2.05, 4.69) is 4.74 Å². The molecule has 0 aromatic carbocycles. The van der Waals surface area contributed by atoms with Gasteiger partial charge in [0, 0.05) is 10.8 Å². The van der Waals surface area contributed by atoms with Crippen LogP contribution in [0.2, 0.25) is 0 Å². The van der Waals surface area contributed by atoms with Gasteiger partial charge >= 0.3 is 5.97 Å². The number of hydrogen-bond donors (Lipinski definition) is 1. The van der Waals surface area contributed by atoms with Crippen molar-refractivity contribution in [2.24, 2.45) is 0 Å². The molecule has 0 bridgehead atoms. The van der Waals surface area contributed by atoms with Gasteiger partial charge in [0.15, 0.2) is 11.5 Å². The van der Waals surface area contributed by atoms with E-state index in [1.165, 1.54) is 11.3 Å². The molecule has 0 amide bonds. The van der Waals surface area contributed by atoms with Crippen molar-refractivity contribution >= 4 is 17.3 Å². The third-order valence-electron chi connectivity index (χ3n) is 1.24. The average molecular weight is 172 g/mol. The van der Waals surface area contributed by atoms with Gasteiger partial charge in [0.05, 0.1) is 0 Å². The van der Waals surface area contributed by atoms with E-state index in [0.717, 1.165) is 0 Å².